The standard InChI is InChI=1S/C11H8ClN5O/c1-17-6-8(5-14-17)10-15-11(18-16-10)7-2-3-13-9(12)4-7/h2-6H,1H3. The van der Waals surface area contributed by atoms with Gasteiger partial charge in [0.1, 0.15) is 5.15 Å². The maximum atomic E-state index is 5.81. The summed E-state index contributed by atoms with van der Waals surface area (Å²) in [6.07, 6.45) is 5.08. The van der Waals surface area contributed by atoms with Gasteiger partial charge >= 0.3 is 0 Å². The molecule has 0 aliphatic heterocycles. The van der Waals surface area contributed by atoms with Crippen molar-refractivity contribution < 1.29 is 4.52 Å². The van der Waals surface area contributed by atoms with E-state index in [4.69, 9.17) is 16.1 Å². The van der Waals surface area contributed by atoms with Crippen LogP contribution in [0.2, 0.25) is 5.15 Å². The molecule has 0 N–H and O–H groups in total. The van der Waals surface area contributed by atoms with Crippen molar-refractivity contribution in [3.63, 3.8) is 0 Å². The molecule has 0 aromatic carbocycles. The molecular formula is C11H8ClN5O. The minimum absolute atomic E-state index is 0.383. The summed E-state index contributed by atoms with van der Waals surface area (Å²) in [7, 11) is 1.83. The minimum atomic E-state index is 0.383. The van der Waals surface area contributed by atoms with E-state index in [2.05, 4.69) is 20.2 Å². The normalized spacial score (nSPS) is 10.8. The lowest BCUT2D eigenvalue weighted by atomic mass is 10.3. The Morgan fingerprint density at radius 3 is 2.94 bits per heavy atom. The second kappa shape index (κ2) is 4.23. The highest BCUT2D eigenvalue weighted by atomic mass is 35.5. The molecule has 0 amide bonds. The Bertz CT molecular complexity index is 690. The lowest BCUT2D eigenvalue weighted by Gasteiger charge is -1.92. The molecule has 7 heteroatoms. The Hall–Kier alpha value is -2.21. The SMILES string of the molecule is Cn1cc(-c2noc(-c3ccnc(Cl)c3)n2)cn1. The van der Waals surface area contributed by atoms with Crippen LogP contribution in [0.3, 0.4) is 0 Å². The number of rotatable bonds is 2. The van der Waals surface area contributed by atoms with Crippen LogP contribution in [0.5, 0.6) is 0 Å². The largest absolute Gasteiger partial charge is 0.334 e. The van der Waals surface area contributed by atoms with Gasteiger partial charge in [0.25, 0.3) is 5.89 Å². The van der Waals surface area contributed by atoms with Crippen molar-refractivity contribution in [1.82, 2.24) is 24.9 Å². The molecular weight excluding hydrogens is 254 g/mol. The summed E-state index contributed by atoms with van der Waals surface area (Å²) in [6, 6.07) is 3.43. The average molecular weight is 262 g/mol. The number of hydrogen-bond acceptors (Lipinski definition) is 5. The highest BCUT2D eigenvalue weighted by molar-refractivity contribution is 6.29. The minimum Gasteiger partial charge on any atom is -0.334 e. The van der Waals surface area contributed by atoms with Crippen molar-refractivity contribution in [2.45, 2.75) is 0 Å². The van der Waals surface area contributed by atoms with Crippen LogP contribution in [0.1, 0.15) is 0 Å². The summed E-state index contributed by atoms with van der Waals surface area (Å²) in [6.45, 7) is 0. The van der Waals surface area contributed by atoms with Gasteiger partial charge in [0, 0.05) is 25.0 Å². The fourth-order valence-electron chi connectivity index (χ4n) is 1.53. The number of halogens is 1. The van der Waals surface area contributed by atoms with Crippen molar-refractivity contribution in [3.05, 3.63) is 35.9 Å². The summed E-state index contributed by atoms with van der Waals surface area (Å²) < 4.78 is 6.86. The second-order valence-electron chi connectivity index (χ2n) is 3.69. The van der Waals surface area contributed by atoms with E-state index in [1.165, 1.54) is 0 Å². The van der Waals surface area contributed by atoms with Crippen LogP contribution >= 0.6 is 11.6 Å². The number of aromatic nitrogens is 5. The molecule has 0 saturated carbocycles. The Kier molecular flexibility index (Phi) is 2.56. The molecule has 0 fully saturated rings. The van der Waals surface area contributed by atoms with Crippen molar-refractivity contribution in [3.8, 4) is 22.8 Å². The highest BCUT2D eigenvalue weighted by Gasteiger charge is 2.12. The van der Waals surface area contributed by atoms with Crippen LogP contribution in [0.4, 0.5) is 0 Å². The molecule has 3 heterocycles. The zero-order chi connectivity index (χ0) is 12.5. The van der Waals surface area contributed by atoms with Gasteiger partial charge in [-0.1, -0.05) is 16.8 Å². The monoisotopic (exact) mass is 261 g/mol. The molecule has 0 unspecified atom stereocenters. The zero-order valence-corrected chi connectivity index (χ0v) is 10.2. The quantitative estimate of drug-likeness (QED) is 0.661. The van der Waals surface area contributed by atoms with Gasteiger partial charge in [0.15, 0.2) is 0 Å². The Morgan fingerprint density at radius 1 is 1.33 bits per heavy atom. The Morgan fingerprint density at radius 2 is 2.22 bits per heavy atom. The predicted octanol–water partition coefficient (Wildman–Crippen LogP) is 2.19. The first-order valence-corrected chi connectivity index (χ1v) is 5.55. The summed E-state index contributed by atoms with van der Waals surface area (Å²) in [5, 5.41) is 8.34. The van der Waals surface area contributed by atoms with E-state index < -0.39 is 0 Å². The van der Waals surface area contributed by atoms with Gasteiger partial charge in [-0.05, 0) is 12.1 Å². The van der Waals surface area contributed by atoms with E-state index in [0.717, 1.165) is 11.1 Å². The topological polar surface area (TPSA) is 69.6 Å². The van der Waals surface area contributed by atoms with Crippen molar-refractivity contribution in [1.29, 1.82) is 0 Å². The van der Waals surface area contributed by atoms with Gasteiger partial charge < -0.3 is 4.52 Å². The first-order chi connectivity index (χ1) is 8.72. The van der Waals surface area contributed by atoms with Crippen molar-refractivity contribution in [2.75, 3.05) is 0 Å². The summed E-state index contributed by atoms with van der Waals surface area (Å²) >= 11 is 5.81. The predicted molar refractivity (Wildman–Crippen MR) is 64.7 cm³/mol. The van der Waals surface area contributed by atoms with Crippen LogP contribution in [0, 0.1) is 0 Å². The zero-order valence-electron chi connectivity index (χ0n) is 9.41. The maximum absolute atomic E-state index is 5.81. The second-order valence-corrected chi connectivity index (χ2v) is 4.08. The third-order valence-corrected chi connectivity index (χ3v) is 2.57. The highest BCUT2D eigenvalue weighted by Crippen LogP contribution is 2.22. The van der Waals surface area contributed by atoms with Crippen LogP contribution in [0.25, 0.3) is 22.8 Å². The van der Waals surface area contributed by atoms with Crippen LogP contribution in [-0.2, 0) is 7.05 Å². The van der Waals surface area contributed by atoms with Gasteiger partial charge in [0.05, 0.1) is 11.8 Å². The van der Waals surface area contributed by atoms with E-state index in [0.29, 0.717) is 16.9 Å². The molecule has 6 nitrogen and oxygen atoms in total. The maximum Gasteiger partial charge on any atom is 0.258 e. The Balaban J connectivity index is 1.99. The van der Waals surface area contributed by atoms with Crippen molar-refractivity contribution in [2.24, 2.45) is 7.05 Å². The van der Waals surface area contributed by atoms with Gasteiger partial charge in [-0.15, -0.1) is 0 Å². The molecule has 3 rings (SSSR count). The van der Waals surface area contributed by atoms with Gasteiger partial charge in [-0.25, -0.2) is 4.98 Å². The molecule has 0 aliphatic rings. The number of aryl methyl sites for hydroxylation is 1. The van der Waals surface area contributed by atoms with E-state index in [-0.39, 0.29) is 0 Å². The summed E-state index contributed by atoms with van der Waals surface area (Å²) in [5.41, 5.74) is 1.53. The summed E-state index contributed by atoms with van der Waals surface area (Å²) in [5.74, 6) is 0.893. The molecule has 0 radical (unpaired) electrons. The average Bonchev–Trinajstić information content (AvgIpc) is 2.97. The van der Waals surface area contributed by atoms with Crippen LogP contribution < -0.4 is 0 Å². The molecule has 0 spiro atoms. The molecule has 3 aromatic rings. The van der Waals surface area contributed by atoms with Crippen molar-refractivity contribution >= 4 is 11.6 Å². The molecule has 18 heavy (non-hydrogen) atoms. The smallest absolute Gasteiger partial charge is 0.258 e. The lowest BCUT2D eigenvalue weighted by Crippen LogP contribution is -1.84. The lowest BCUT2D eigenvalue weighted by molar-refractivity contribution is 0.432. The van der Waals surface area contributed by atoms with E-state index in [1.807, 2.05) is 13.2 Å². The van der Waals surface area contributed by atoms with Gasteiger partial charge in [-0.3, -0.25) is 4.68 Å². The van der Waals surface area contributed by atoms with Gasteiger partial charge in [-0.2, -0.15) is 10.1 Å². The fraction of sp³-hybridized carbons (Fsp3) is 0.0909. The van der Waals surface area contributed by atoms with Crippen LogP contribution in [0.15, 0.2) is 35.2 Å². The first kappa shape index (κ1) is 10.9. The third-order valence-electron chi connectivity index (χ3n) is 2.36. The molecule has 90 valence electrons. The van der Waals surface area contributed by atoms with E-state index >= 15 is 0 Å². The molecule has 0 aliphatic carbocycles. The molecule has 0 atom stereocenters. The Labute approximate surface area is 107 Å². The fourth-order valence-corrected chi connectivity index (χ4v) is 1.70. The van der Waals surface area contributed by atoms with E-state index in [9.17, 15) is 0 Å². The van der Waals surface area contributed by atoms with Gasteiger partial charge in [0.2, 0.25) is 5.82 Å². The molecule has 3 aromatic heterocycles. The first-order valence-electron chi connectivity index (χ1n) is 5.17. The number of nitrogens with zero attached hydrogens (tertiary/aromatic N) is 5. The third kappa shape index (κ3) is 1.98. The summed E-state index contributed by atoms with van der Waals surface area (Å²) in [4.78, 5) is 8.18. The molecule has 0 saturated heterocycles. The molecule has 0 bridgehead atoms. The van der Waals surface area contributed by atoms with E-state index in [1.54, 1.807) is 29.2 Å². The number of pyridine rings is 1. The van der Waals surface area contributed by atoms with Crippen LogP contribution in [-0.4, -0.2) is 24.9 Å². The number of hydrogen-bond donors (Lipinski definition) is 0.